The summed E-state index contributed by atoms with van der Waals surface area (Å²) in [5.74, 6) is 0.174. The lowest BCUT2D eigenvalue weighted by molar-refractivity contribution is -0.385. The maximum absolute atomic E-state index is 10.9. The van der Waals surface area contributed by atoms with Gasteiger partial charge >= 0.3 is 0 Å². The van der Waals surface area contributed by atoms with Crippen LogP contribution in [0.4, 0.5) is 17.1 Å². The third-order valence-corrected chi connectivity index (χ3v) is 4.48. The Balaban J connectivity index is 1.75. The Labute approximate surface area is 124 Å². The molecule has 2 atom stereocenters. The van der Waals surface area contributed by atoms with E-state index in [0.29, 0.717) is 0 Å². The molecule has 1 heterocycles. The molecule has 0 saturated carbocycles. The summed E-state index contributed by atoms with van der Waals surface area (Å²) in [6.45, 7) is 0. The second-order valence-corrected chi connectivity index (χ2v) is 5.60. The Bertz CT molecular complexity index is 834. The smallest absolute Gasteiger partial charge is 0.271 e. The largest absolute Gasteiger partial charge is 0.377 e. The highest BCUT2D eigenvalue weighted by molar-refractivity contribution is 5.67. The zero-order chi connectivity index (χ0) is 15.4. The number of hydrogen-bond acceptors (Lipinski definition) is 5. The van der Waals surface area contributed by atoms with Crippen LogP contribution in [-0.4, -0.2) is 9.85 Å². The number of hydrogen-bond donors (Lipinski definition) is 1. The lowest BCUT2D eigenvalue weighted by atomic mass is 9.96. The van der Waals surface area contributed by atoms with E-state index < -0.39 is 9.85 Å². The van der Waals surface area contributed by atoms with Gasteiger partial charge in [0, 0.05) is 35.9 Å². The van der Waals surface area contributed by atoms with Crippen molar-refractivity contribution in [2.45, 2.75) is 18.4 Å². The molecule has 2 unspecified atom stereocenters. The van der Waals surface area contributed by atoms with Crippen molar-refractivity contribution >= 4 is 17.1 Å². The van der Waals surface area contributed by atoms with Crippen molar-refractivity contribution in [2.75, 3.05) is 5.32 Å². The lowest BCUT2D eigenvalue weighted by Crippen LogP contribution is -2.05. The van der Waals surface area contributed by atoms with E-state index in [1.54, 1.807) is 18.2 Å². The summed E-state index contributed by atoms with van der Waals surface area (Å²) in [7, 11) is 0. The zero-order valence-corrected chi connectivity index (χ0v) is 11.4. The van der Waals surface area contributed by atoms with Gasteiger partial charge in [0.25, 0.3) is 11.4 Å². The van der Waals surface area contributed by atoms with Crippen molar-refractivity contribution in [1.29, 1.82) is 0 Å². The number of non-ortho nitro benzene ring substituents is 2. The zero-order valence-electron chi connectivity index (χ0n) is 11.4. The molecule has 2 aromatic carbocycles. The minimum Gasteiger partial charge on any atom is -0.377 e. The van der Waals surface area contributed by atoms with Crippen LogP contribution in [0, 0.1) is 20.2 Å². The molecule has 0 fully saturated rings. The molecule has 1 aliphatic heterocycles. The number of nitrogens with zero attached hydrogens (tertiary/aromatic N) is 2. The average molecular weight is 297 g/mol. The van der Waals surface area contributed by atoms with Crippen LogP contribution in [0.15, 0.2) is 36.4 Å². The number of anilines is 1. The number of benzene rings is 2. The predicted octanol–water partition coefficient (Wildman–Crippen LogP) is 3.31. The van der Waals surface area contributed by atoms with E-state index in [1.807, 2.05) is 0 Å². The standard InChI is InChI=1S/C15H11N3O4/c19-17(20)9-2-1-8-5-13-11-4-3-10(18(21)22)7-14(11)16-15(13)12(8)6-9/h1-4,6-7,13,15-16H,5H2. The van der Waals surface area contributed by atoms with Gasteiger partial charge in [0.2, 0.25) is 0 Å². The summed E-state index contributed by atoms with van der Waals surface area (Å²) in [5, 5.41) is 25.1. The van der Waals surface area contributed by atoms with Crippen LogP contribution in [0.2, 0.25) is 0 Å². The molecule has 110 valence electrons. The Morgan fingerprint density at radius 2 is 1.64 bits per heavy atom. The van der Waals surface area contributed by atoms with Crippen LogP contribution in [-0.2, 0) is 6.42 Å². The summed E-state index contributed by atoms with van der Waals surface area (Å²) in [6.07, 6.45) is 0.788. The molecule has 1 N–H and O–H groups in total. The summed E-state index contributed by atoms with van der Waals surface area (Å²) < 4.78 is 0. The molecular weight excluding hydrogens is 286 g/mol. The average Bonchev–Trinajstić information content (AvgIpc) is 3.01. The van der Waals surface area contributed by atoms with Gasteiger partial charge in [0.05, 0.1) is 15.9 Å². The normalized spacial score (nSPS) is 20.7. The molecule has 0 amide bonds. The van der Waals surface area contributed by atoms with Crippen LogP contribution in [0.3, 0.4) is 0 Å². The molecule has 4 rings (SSSR count). The fourth-order valence-electron chi connectivity index (χ4n) is 3.48. The Morgan fingerprint density at radius 3 is 2.36 bits per heavy atom. The van der Waals surface area contributed by atoms with Gasteiger partial charge in [-0.15, -0.1) is 0 Å². The number of fused-ring (bicyclic) bond motifs is 5. The molecule has 7 nitrogen and oxygen atoms in total. The van der Waals surface area contributed by atoms with E-state index in [1.165, 1.54) is 18.2 Å². The first kappa shape index (κ1) is 12.8. The summed E-state index contributed by atoms with van der Waals surface area (Å²) >= 11 is 0. The van der Waals surface area contributed by atoms with E-state index in [9.17, 15) is 20.2 Å². The van der Waals surface area contributed by atoms with E-state index in [2.05, 4.69) is 5.32 Å². The number of nitrogens with one attached hydrogen (secondary N) is 1. The topological polar surface area (TPSA) is 98.3 Å². The van der Waals surface area contributed by atoms with E-state index >= 15 is 0 Å². The maximum Gasteiger partial charge on any atom is 0.271 e. The second-order valence-electron chi connectivity index (χ2n) is 5.60. The minimum absolute atomic E-state index is 0.0467. The fraction of sp³-hybridized carbons (Fsp3) is 0.200. The quantitative estimate of drug-likeness (QED) is 0.677. The third kappa shape index (κ3) is 1.68. The summed E-state index contributed by atoms with van der Waals surface area (Å²) in [4.78, 5) is 21.0. The molecule has 2 aliphatic rings. The van der Waals surface area contributed by atoms with Crippen molar-refractivity contribution in [3.05, 3.63) is 73.3 Å². The highest BCUT2D eigenvalue weighted by Crippen LogP contribution is 2.52. The first-order chi connectivity index (χ1) is 10.5. The van der Waals surface area contributed by atoms with Crippen LogP contribution in [0.1, 0.15) is 28.7 Å². The van der Waals surface area contributed by atoms with Crippen molar-refractivity contribution < 1.29 is 9.85 Å². The van der Waals surface area contributed by atoms with Crippen LogP contribution >= 0.6 is 0 Å². The Hall–Kier alpha value is -2.96. The van der Waals surface area contributed by atoms with Gasteiger partial charge in [-0.3, -0.25) is 20.2 Å². The van der Waals surface area contributed by atoms with Crippen LogP contribution in [0.5, 0.6) is 0 Å². The van der Waals surface area contributed by atoms with E-state index in [4.69, 9.17) is 0 Å². The SMILES string of the molecule is O=[N+]([O-])c1ccc2c(c1)NC1c3cc([N+](=O)[O-])ccc3CC21. The Morgan fingerprint density at radius 1 is 0.955 bits per heavy atom. The molecule has 7 heteroatoms. The van der Waals surface area contributed by atoms with E-state index in [0.717, 1.165) is 28.8 Å². The van der Waals surface area contributed by atoms with Gasteiger partial charge in [-0.2, -0.15) is 0 Å². The molecular formula is C15H11N3O4. The molecule has 0 radical (unpaired) electrons. The molecule has 0 aromatic heterocycles. The van der Waals surface area contributed by atoms with Crippen LogP contribution in [0.25, 0.3) is 0 Å². The molecule has 0 saturated heterocycles. The summed E-state index contributed by atoms with van der Waals surface area (Å²) in [5.41, 5.74) is 3.92. The van der Waals surface area contributed by atoms with Gasteiger partial charge in [-0.1, -0.05) is 6.07 Å². The highest BCUT2D eigenvalue weighted by Gasteiger charge is 2.40. The fourth-order valence-corrected chi connectivity index (χ4v) is 3.48. The molecule has 0 spiro atoms. The molecule has 0 bridgehead atoms. The highest BCUT2D eigenvalue weighted by atomic mass is 16.6. The van der Waals surface area contributed by atoms with Gasteiger partial charge < -0.3 is 5.32 Å². The van der Waals surface area contributed by atoms with Crippen molar-refractivity contribution in [1.82, 2.24) is 0 Å². The monoisotopic (exact) mass is 297 g/mol. The van der Waals surface area contributed by atoms with Crippen molar-refractivity contribution in [2.24, 2.45) is 0 Å². The first-order valence-corrected chi connectivity index (χ1v) is 6.86. The van der Waals surface area contributed by atoms with Crippen molar-refractivity contribution in [3.63, 3.8) is 0 Å². The molecule has 22 heavy (non-hydrogen) atoms. The molecule has 1 aliphatic carbocycles. The number of nitro groups is 2. The molecule has 2 aromatic rings. The minimum atomic E-state index is -0.422. The number of rotatable bonds is 2. The predicted molar refractivity (Wildman–Crippen MR) is 79.0 cm³/mol. The van der Waals surface area contributed by atoms with Gasteiger partial charge in [-0.25, -0.2) is 0 Å². The van der Waals surface area contributed by atoms with Gasteiger partial charge in [0.1, 0.15) is 0 Å². The lowest BCUT2D eigenvalue weighted by Gasteiger charge is -2.11. The van der Waals surface area contributed by atoms with Crippen LogP contribution < -0.4 is 5.32 Å². The number of nitro benzene ring substituents is 2. The van der Waals surface area contributed by atoms with E-state index in [-0.39, 0.29) is 23.3 Å². The van der Waals surface area contributed by atoms with Gasteiger partial charge in [-0.05, 0) is 29.2 Å². The summed E-state index contributed by atoms with van der Waals surface area (Å²) in [6, 6.07) is 9.71. The third-order valence-electron chi connectivity index (χ3n) is 4.48. The maximum atomic E-state index is 10.9. The van der Waals surface area contributed by atoms with Crippen molar-refractivity contribution in [3.8, 4) is 0 Å². The second kappa shape index (κ2) is 4.27. The van der Waals surface area contributed by atoms with Gasteiger partial charge in [0.15, 0.2) is 0 Å². The first-order valence-electron chi connectivity index (χ1n) is 6.86. The Kier molecular flexibility index (Phi) is 2.47.